The number of carbonyl (C=O) groups excluding carboxylic acids is 1. The summed E-state index contributed by atoms with van der Waals surface area (Å²) in [6.07, 6.45) is 0. The smallest absolute Gasteiger partial charge is 0.257 e. The number of nitrogens with one attached hydrogen (secondary N) is 1. The van der Waals surface area contributed by atoms with E-state index in [1.165, 1.54) is 16.4 Å². The van der Waals surface area contributed by atoms with Crippen molar-refractivity contribution >= 4 is 33.2 Å². The monoisotopic (exact) mass is 380 g/mol. The summed E-state index contributed by atoms with van der Waals surface area (Å²) in [4.78, 5) is 12.5. The molecule has 0 radical (unpaired) electrons. The molecule has 0 aromatic heterocycles. The van der Waals surface area contributed by atoms with Gasteiger partial charge in [0, 0.05) is 18.8 Å². The van der Waals surface area contributed by atoms with Crippen LogP contribution < -0.4 is 5.32 Å². The van der Waals surface area contributed by atoms with Crippen molar-refractivity contribution < 1.29 is 13.2 Å². The van der Waals surface area contributed by atoms with E-state index < -0.39 is 10.0 Å². The van der Waals surface area contributed by atoms with Crippen LogP contribution >= 0.6 is 11.6 Å². The quantitative estimate of drug-likeness (QED) is 0.825. The zero-order chi connectivity index (χ0) is 18.6. The first-order chi connectivity index (χ1) is 11.8. The minimum absolute atomic E-state index is 0.197. The SMILES string of the molecule is CCN(CC)S(=O)(=O)c1ccc(NC(=O)c2ccc(C)cc2Cl)cc1. The van der Waals surface area contributed by atoms with Crippen LogP contribution in [-0.4, -0.2) is 31.7 Å². The van der Waals surface area contributed by atoms with Gasteiger partial charge in [-0.1, -0.05) is 31.5 Å². The molecule has 0 fully saturated rings. The van der Waals surface area contributed by atoms with E-state index in [0.29, 0.717) is 29.4 Å². The number of sulfonamides is 1. The Bertz CT molecular complexity index is 860. The molecule has 1 N–H and O–H groups in total. The van der Waals surface area contributed by atoms with Gasteiger partial charge in [-0.2, -0.15) is 4.31 Å². The third-order valence-corrected chi connectivity index (χ3v) is 6.20. The van der Waals surface area contributed by atoms with E-state index in [-0.39, 0.29) is 10.8 Å². The first-order valence-electron chi connectivity index (χ1n) is 7.97. The summed E-state index contributed by atoms with van der Waals surface area (Å²) in [6, 6.07) is 11.3. The fourth-order valence-corrected chi connectivity index (χ4v) is 4.20. The van der Waals surface area contributed by atoms with E-state index in [1.807, 2.05) is 6.92 Å². The van der Waals surface area contributed by atoms with Crippen LogP contribution in [0.2, 0.25) is 5.02 Å². The zero-order valence-corrected chi connectivity index (χ0v) is 16.0. The van der Waals surface area contributed by atoms with Gasteiger partial charge in [0.05, 0.1) is 15.5 Å². The summed E-state index contributed by atoms with van der Waals surface area (Å²) in [7, 11) is -3.51. The molecule has 0 heterocycles. The van der Waals surface area contributed by atoms with Crippen LogP contribution in [0.25, 0.3) is 0 Å². The number of rotatable bonds is 6. The average Bonchev–Trinajstić information content (AvgIpc) is 2.56. The van der Waals surface area contributed by atoms with E-state index in [1.54, 1.807) is 44.2 Å². The van der Waals surface area contributed by atoms with Crippen LogP contribution in [-0.2, 0) is 10.0 Å². The van der Waals surface area contributed by atoms with Gasteiger partial charge in [0.25, 0.3) is 5.91 Å². The lowest BCUT2D eigenvalue weighted by Gasteiger charge is -2.18. The van der Waals surface area contributed by atoms with E-state index in [2.05, 4.69) is 5.32 Å². The van der Waals surface area contributed by atoms with Crippen molar-refractivity contribution in [2.75, 3.05) is 18.4 Å². The highest BCUT2D eigenvalue weighted by molar-refractivity contribution is 7.89. The van der Waals surface area contributed by atoms with Gasteiger partial charge in [-0.25, -0.2) is 8.42 Å². The van der Waals surface area contributed by atoms with Gasteiger partial charge in [0.15, 0.2) is 0 Å². The molecule has 0 aliphatic heterocycles. The van der Waals surface area contributed by atoms with Crippen molar-refractivity contribution in [2.45, 2.75) is 25.7 Å². The number of carbonyl (C=O) groups is 1. The van der Waals surface area contributed by atoms with E-state index in [4.69, 9.17) is 11.6 Å². The molecule has 0 aliphatic carbocycles. The summed E-state index contributed by atoms with van der Waals surface area (Å²) in [6.45, 7) is 6.29. The molecule has 1 amide bonds. The highest BCUT2D eigenvalue weighted by Gasteiger charge is 2.21. The molecular weight excluding hydrogens is 360 g/mol. The summed E-state index contributed by atoms with van der Waals surface area (Å²) in [5, 5.41) is 3.10. The number of aryl methyl sites for hydroxylation is 1. The Morgan fingerprint density at radius 3 is 2.20 bits per heavy atom. The van der Waals surface area contributed by atoms with Gasteiger partial charge in [-0.3, -0.25) is 4.79 Å². The van der Waals surface area contributed by atoms with E-state index >= 15 is 0 Å². The van der Waals surface area contributed by atoms with Crippen molar-refractivity contribution in [1.29, 1.82) is 0 Å². The van der Waals surface area contributed by atoms with Crippen LogP contribution in [0.15, 0.2) is 47.4 Å². The minimum atomic E-state index is -3.51. The lowest BCUT2D eigenvalue weighted by molar-refractivity contribution is 0.102. The van der Waals surface area contributed by atoms with Crippen LogP contribution in [0.5, 0.6) is 0 Å². The zero-order valence-electron chi connectivity index (χ0n) is 14.4. The van der Waals surface area contributed by atoms with Gasteiger partial charge >= 0.3 is 0 Å². The number of hydrogen-bond acceptors (Lipinski definition) is 3. The molecule has 25 heavy (non-hydrogen) atoms. The summed E-state index contributed by atoms with van der Waals surface area (Å²) in [5.41, 5.74) is 1.83. The highest BCUT2D eigenvalue weighted by atomic mass is 35.5. The van der Waals surface area contributed by atoms with Gasteiger partial charge in [-0.05, 0) is 48.9 Å². The molecule has 0 spiro atoms. The molecule has 0 saturated heterocycles. The van der Waals surface area contributed by atoms with Crippen molar-refractivity contribution in [3.05, 3.63) is 58.6 Å². The first-order valence-corrected chi connectivity index (χ1v) is 9.79. The number of hydrogen-bond donors (Lipinski definition) is 1. The largest absolute Gasteiger partial charge is 0.322 e. The van der Waals surface area contributed by atoms with E-state index in [9.17, 15) is 13.2 Å². The maximum atomic E-state index is 12.4. The maximum Gasteiger partial charge on any atom is 0.257 e. The van der Waals surface area contributed by atoms with Crippen molar-refractivity contribution in [1.82, 2.24) is 4.31 Å². The Balaban J connectivity index is 2.19. The second kappa shape index (κ2) is 7.99. The molecule has 2 aromatic rings. The lowest BCUT2D eigenvalue weighted by atomic mass is 10.1. The topological polar surface area (TPSA) is 66.5 Å². The predicted octanol–water partition coefficient (Wildman–Crippen LogP) is 3.93. The first kappa shape index (κ1) is 19.4. The number of halogens is 1. The minimum Gasteiger partial charge on any atom is -0.322 e. The molecule has 7 heteroatoms. The third-order valence-electron chi connectivity index (χ3n) is 3.82. The van der Waals surface area contributed by atoms with Crippen LogP contribution in [0.4, 0.5) is 5.69 Å². The van der Waals surface area contributed by atoms with Crippen molar-refractivity contribution in [2.24, 2.45) is 0 Å². The van der Waals surface area contributed by atoms with Crippen LogP contribution in [0.3, 0.4) is 0 Å². The fourth-order valence-electron chi connectivity index (χ4n) is 2.43. The Labute approximate surface area is 153 Å². The molecule has 134 valence electrons. The maximum absolute atomic E-state index is 12.4. The van der Waals surface area contributed by atoms with Gasteiger partial charge < -0.3 is 5.32 Å². The number of amides is 1. The predicted molar refractivity (Wildman–Crippen MR) is 101 cm³/mol. The Kier molecular flexibility index (Phi) is 6.21. The van der Waals surface area contributed by atoms with Crippen LogP contribution in [0.1, 0.15) is 29.8 Å². The molecular formula is C18H21ClN2O3S. The lowest BCUT2D eigenvalue weighted by Crippen LogP contribution is -2.30. The normalized spacial score (nSPS) is 11.6. The number of nitrogens with zero attached hydrogens (tertiary/aromatic N) is 1. The molecule has 0 saturated carbocycles. The second-order valence-corrected chi connectivity index (χ2v) is 7.90. The highest BCUT2D eigenvalue weighted by Crippen LogP contribution is 2.21. The molecule has 2 aromatic carbocycles. The van der Waals surface area contributed by atoms with Crippen molar-refractivity contribution in [3.8, 4) is 0 Å². The molecule has 5 nitrogen and oxygen atoms in total. The van der Waals surface area contributed by atoms with Crippen molar-refractivity contribution in [3.63, 3.8) is 0 Å². The molecule has 0 atom stereocenters. The van der Waals surface area contributed by atoms with Gasteiger partial charge in [-0.15, -0.1) is 0 Å². The number of anilines is 1. The molecule has 0 unspecified atom stereocenters. The molecule has 0 aliphatic rings. The Hall–Kier alpha value is -1.89. The fraction of sp³-hybridized carbons (Fsp3) is 0.278. The van der Waals surface area contributed by atoms with E-state index in [0.717, 1.165) is 5.56 Å². The average molecular weight is 381 g/mol. The summed E-state index contributed by atoms with van der Waals surface area (Å²) >= 11 is 6.10. The summed E-state index contributed by atoms with van der Waals surface area (Å²) in [5.74, 6) is -0.343. The van der Waals surface area contributed by atoms with Gasteiger partial charge in [0.1, 0.15) is 0 Å². The summed E-state index contributed by atoms with van der Waals surface area (Å²) < 4.78 is 26.3. The van der Waals surface area contributed by atoms with Gasteiger partial charge in [0.2, 0.25) is 10.0 Å². The van der Waals surface area contributed by atoms with Crippen LogP contribution in [0, 0.1) is 6.92 Å². The number of benzene rings is 2. The molecule has 0 bridgehead atoms. The standard InChI is InChI=1S/C18H21ClN2O3S/c1-4-21(5-2)25(23,24)15-9-7-14(8-10-15)20-18(22)16-11-6-13(3)12-17(16)19/h6-12H,4-5H2,1-3H3,(H,20,22). The molecule has 2 rings (SSSR count). The Morgan fingerprint density at radius 2 is 1.68 bits per heavy atom. The Morgan fingerprint density at radius 1 is 1.08 bits per heavy atom. The second-order valence-electron chi connectivity index (χ2n) is 5.55. The third kappa shape index (κ3) is 4.39.